The molecular formula is C19H21N5OS. The van der Waals surface area contributed by atoms with Crippen LogP contribution in [-0.4, -0.2) is 39.0 Å². The number of aryl methyl sites for hydroxylation is 1. The summed E-state index contributed by atoms with van der Waals surface area (Å²) in [7, 11) is 0. The second-order valence-corrected chi connectivity index (χ2v) is 7.60. The van der Waals surface area contributed by atoms with Crippen molar-refractivity contribution in [3.63, 3.8) is 0 Å². The predicted molar refractivity (Wildman–Crippen MR) is 102 cm³/mol. The van der Waals surface area contributed by atoms with Crippen LogP contribution >= 0.6 is 11.3 Å². The molecule has 2 amide bonds. The second-order valence-electron chi connectivity index (χ2n) is 6.54. The van der Waals surface area contributed by atoms with E-state index in [4.69, 9.17) is 4.98 Å². The lowest BCUT2D eigenvalue weighted by molar-refractivity contribution is 0.181. The third-order valence-corrected chi connectivity index (χ3v) is 5.90. The van der Waals surface area contributed by atoms with Crippen molar-refractivity contribution in [3.05, 3.63) is 53.1 Å². The minimum Gasteiger partial charge on any atom is -0.332 e. The normalized spacial score (nSPS) is 15.3. The largest absolute Gasteiger partial charge is 0.332 e. The Morgan fingerprint density at radius 3 is 2.81 bits per heavy atom. The summed E-state index contributed by atoms with van der Waals surface area (Å²) in [6.45, 7) is 3.79. The van der Waals surface area contributed by atoms with Crippen molar-refractivity contribution in [3.8, 4) is 0 Å². The summed E-state index contributed by atoms with van der Waals surface area (Å²) in [5.41, 5.74) is 1.91. The number of rotatable bonds is 3. The number of hydrogen-bond acceptors (Lipinski definition) is 5. The van der Waals surface area contributed by atoms with Crippen molar-refractivity contribution in [2.75, 3.05) is 13.1 Å². The van der Waals surface area contributed by atoms with Crippen LogP contribution in [0.3, 0.4) is 0 Å². The van der Waals surface area contributed by atoms with Gasteiger partial charge >= 0.3 is 6.03 Å². The summed E-state index contributed by atoms with van der Waals surface area (Å²) >= 11 is 1.78. The highest BCUT2D eigenvalue weighted by Crippen LogP contribution is 2.33. The van der Waals surface area contributed by atoms with E-state index < -0.39 is 0 Å². The Hall–Kier alpha value is -2.54. The van der Waals surface area contributed by atoms with Crippen LogP contribution in [0.15, 0.2) is 36.5 Å². The number of carbonyl (C=O) groups is 1. The van der Waals surface area contributed by atoms with Crippen LogP contribution in [0.5, 0.6) is 0 Å². The fraction of sp³-hybridized carbons (Fsp3) is 0.368. The topological polar surface area (TPSA) is 71.0 Å². The van der Waals surface area contributed by atoms with Crippen LogP contribution in [0, 0.1) is 6.92 Å². The monoisotopic (exact) mass is 367 g/mol. The van der Waals surface area contributed by atoms with Gasteiger partial charge < -0.3 is 10.2 Å². The van der Waals surface area contributed by atoms with Crippen LogP contribution in [0.25, 0.3) is 10.2 Å². The van der Waals surface area contributed by atoms with Gasteiger partial charge in [-0.05, 0) is 38.0 Å². The molecule has 0 spiro atoms. The fourth-order valence-corrected chi connectivity index (χ4v) is 4.41. The van der Waals surface area contributed by atoms with Gasteiger partial charge in [-0.2, -0.15) is 0 Å². The van der Waals surface area contributed by atoms with Crippen LogP contribution in [-0.2, 0) is 6.54 Å². The standard InChI is InChI=1S/C19H21N5OS/c1-13-20-9-6-15(22-13)12-21-19(25)24-10-7-14(8-11-24)18-23-16-4-2-3-5-17(16)26-18/h2-6,9,14H,7-8,10-12H2,1H3,(H,21,25). The molecule has 0 radical (unpaired) electrons. The maximum absolute atomic E-state index is 12.4. The van der Waals surface area contributed by atoms with E-state index in [2.05, 4.69) is 33.5 Å². The Morgan fingerprint density at radius 1 is 1.23 bits per heavy atom. The summed E-state index contributed by atoms with van der Waals surface area (Å²) in [5.74, 6) is 1.16. The molecule has 0 unspecified atom stereocenters. The molecule has 6 nitrogen and oxygen atoms in total. The first-order valence-electron chi connectivity index (χ1n) is 8.86. The zero-order chi connectivity index (χ0) is 17.9. The number of hydrogen-bond donors (Lipinski definition) is 1. The molecule has 1 aliphatic heterocycles. The van der Waals surface area contributed by atoms with E-state index in [-0.39, 0.29) is 6.03 Å². The van der Waals surface area contributed by atoms with Gasteiger partial charge in [0.05, 0.1) is 27.5 Å². The molecule has 3 aromatic rings. The molecule has 134 valence electrons. The Kier molecular flexibility index (Phi) is 4.79. The van der Waals surface area contributed by atoms with E-state index in [1.165, 1.54) is 9.71 Å². The van der Waals surface area contributed by atoms with E-state index in [1.807, 2.05) is 24.0 Å². The van der Waals surface area contributed by atoms with Gasteiger partial charge in [-0.3, -0.25) is 0 Å². The molecule has 0 atom stereocenters. The number of amides is 2. The van der Waals surface area contributed by atoms with Crippen molar-refractivity contribution in [2.45, 2.75) is 32.2 Å². The summed E-state index contributed by atoms with van der Waals surface area (Å²) in [4.78, 5) is 27.4. The number of carbonyl (C=O) groups excluding carboxylic acids is 1. The predicted octanol–water partition coefficient (Wildman–Crippen LogP) is 3.48. The molecule has 2 aromatic heterocycles. The average Bonchev–Trinajstić information content (AvgIpc) is 3.10. The minimum atomic E-state index is -0.0241. The highest BCUT2D eigenvalue weighted by atomic mass is 32.1. The van der Waals surface area contributed by atoms with Crippen LogP contribution in [0.4, 0.5) is 4.79 Å². The molecule has 7 heteroatoms. The Morgan fingerprint density at radius 2 is 2.04 bits per heavy atom. The maximum atomic E-state index is 12.4. The average molecular weight is 367 g/mol. The van der Waals surface area contributed by atoms with Crippen molar-refractivity contribution in [2.24, 2.45) is 0 Å². The number of thiazole rings is 1. The zero-order valence-corrected chi connectivity index (χ0v) is 15.5. The van der Waals surface area contributed by atoms with Crippen molar-refractivity contribution >= 4 is 27.6 Å². The highest BCUT2D eigenvalue weighted by Gasteiger charge is 2.25. The number of likely N-dealkylation sites (tertiary alicyclic amines) is 1. The maximum Gasteiger partial charge on any atom is 0.317 e. The van der Waals surface area contributed by atoms with E-state index in [1.54, 1.807) is 17.5 Å². The van der Waals surface area contributed by atoms with Gasteiger partial charge in [-0.25, -0.2) is 19.7 Å². The van der Waals surface area contributed by atoms with Crippen LogP contribution in [0.1, 0.15) is 35.3 Å². The second kappa shape index (κ2) is 7.37. The number of benzene rings is 1. The fourth-order valence-electron chi connectivity index (χ4n) is 3.28. The lowest BCUT2D eigenvalue weighted by atomic mass is 9.98. The number of piperidine rings is 1. The summed E-state index contributed by atoms with van der Waals surface area (Å²) < 4.78 is 1.24. The van der Waals surface area contributed by atoms with Gasteiger partial charge in [-0.1, -0.05) is 12.1 Å². The van der Waals surface area contributed by atoms with Crippen molar-refractivity contribution < 1.29 is 4.79 Å². The first-order valence-corrected chi connectivity index (χ1v) is 9.67. The van der Waals surface area contributed by atoms with E-state index in [0.717, 1.165) is 37.1 Å². The zero-order valence-electron chi connectivity index (χ0n) is 14.7. The number of fused-ring (bicyclic) bond motifs is 1. The molecule has 1 N–H and O–H groups in total. The molecule has 4 rings (SSSR count). The minimum absolute atomic E-state index is 0.0241. The van der Waals surface area contributed by atoms with Gasteiger partial charge in [0, 0.05) is 25.2 Å². The Balaban J connectivity index is 1.32. The first-order chi connectivity index (χ1) is 12.7. The SMILES string of the molecule is Cc1nccc(CNC(=O)N2CCC(c3nc4ccccc4s3)CC2)n1. The summed E-state index contributed by atoms with van der Waals surface area (Å²) in [6, 6.07) is 10.1. The highest BCUT2D eigenvalue weighted by molar-refractivity contribution is 7.18. The van der Waals surface area contributed by atoms with Crippen molar-refractivity contribution in [1.29, 1.82) is 0 Å². The van der Waals surface area contributed by atoms with Gasteiger partial charge in [0.2, 0.25) is 0 Å². The molecule has 0 bridgehead atoms. The van der Waals surface area contributed by atoms with E-state index in [9.17, 15) is 4.79 Å². The molecule has 0 aliphatic carbocycles. The quantitative estimate of drug-likeness (QED) is 0.769. The molecule has 1 aromatic carbocycles. The molecule has 1 saturated heterocycles. The number of aromatic nitrogens is 3. The van der Waals surface area contributed by atoms with E-state index >= 15 is 0 Å². The van der Waals surface area contributed by atoms with Crippen LogP contribution in [0.2, 0.25) is 0 Å². The molecule has 1 aliphatic rings. The summed E-state index contributed by atoms with van der Waals surface area (Å²) in [6.07, 6.45) is 3.63. The molecule has 1 fully saturated rings. The molecule has 26 heavy (non-hydrogen) atoms. The lowest BCUT2D eigenvalue weighted by Crippen LogP contribution is -2.43. The number of nitrogens with one attached hydrogen (secondary N) is 1. The van der Waals surface area contributed by atoms with Crippen LogP contribution < -0.4 is 5.32 Å². The van der Waals surface area contributed by atoms with Gasteiger partial charge in [0.1, 0.15) is 5.82 Å². The first kappa shape index (κ1) is 16.9. The third kappa shape index (κ3) is 3.67. The summed E-state index contributed by atoms with van der Waals surface area (Å²) in [5, 5.41) is 4.15. The third-order valence-electron chi connectivity index (χ3n) is 4.70. The van der Waals surface area contributed by atoms with Gasteiger partial charge in [0.25, 0.3) is 0 Å². The number of nitrogens with zero attached hydrogens (tertiary/aromatic N) is 4. The number of para-hydroxylation sites is 1. The van der Waals surface area contributed by atoms with Gasteiger partial charge in [0.15, 0.2) is 0 Å². The number of urea groups is 1. The Labute approximate surface area is 156 Å². The molecular weight excluding hydrogens is 346 g/mol. The Bertz CT molecular complexity index is 884. The smallest absolute Gasteiger partial charge is 0.317 e. The molecule has 3 heterocycles. The van der Waals surface area contributed by atoms with E-state index in [0.29, 0.717) is 18.3 Å². The van der Waals surface area contributed by atoms with Gasteiger partial charge in [-0.15, -0.1) is 11.3 Å². The van der Waals surface area contributed by atoms with Crippen molar-refractivity contribution in [1.82, 2.24) is 25.2 Å². The lowest BCUT2D eigenvalue weighted by Gasteiger charge is -2.31. The molecule has 0 saturated carbocycles.